The van der Waals surface area contributed by atoms with Crippen LogP contribution in [0.25, 0.3) is 10.6 Å². The first-order valence-corrected chi connectivity index (χ1v) is 3.67. The van der Waals surface area contributed by atoms with Crippen molar-refractivity contribution in [3.05, 3.63) is 23.7 Å². The quantitative estimate of drug-likeness (QED) is 0.666. The molecule has 0 amide bonds. The Morgan fingerprint density at radius 3 is 3.20 bits per heavy atom. The lowest BCUT2D eigenvalue weighted by Gasteiger charge is -1.82. The first-order valence-electron chi connectivity index (χ1n) is 2.79. The second-order valence-electron chi connectivity index (χ2n) is 1.78. The molecule has 0 spiro atoms. The van der Waals surface area contributed by atoms with E-state index in [1.54, 1.807) is 11.3 Å². The van der Waals surface area contributed by atoms with Gasteiger partial charge in [-0.1, -0.05) is 11.3 Å². The van der Waals surface area contributed by atoms with Gasteiger partial charge in [0.25, 0.3) is 0 Å². The molecule has 0 aliphatic rings. The molecule has 0 bridgehead atoms. The molecule has 0 aliphatic heterocycles. The highest BCUT2D eigenvalue weighted by Crippen LogP contribution is 2.19. The Bertz CT molecular complexity index is 252. The third kappa shape index (κ3) is 0.823. The number of nitrogens with one attached hydrogen (secondary N) is 1. The highest BCUT2D eigenvalue weighted by Gasteiger charge is 1.98. The summed E-state index contributed by atoms with van der Waals surface area (Å²) in [6.07, 6.45) is 2.73. The highest BCUT2D eigenvalue weighted by molar-refractivity contribution is 7.13. The van der Waals surface area contributed by atoms with Gasteiger partial charge in [-0.3, -0.25) is 5.10 Å². The molecule has 0 saturated carbocycles. The molecule has 0 aromatic carbocycles. The molecule has 1 N–H and O–H groups in total. The Kier molecular flexibility index (Phi) is 1.25. The summed E-state index contributed by atoms with van der Waals surface area (Å²) in [7, 11) is 0. The zero-order valence-electron chi connectivity index (χ0n) is 5.03. The summed E-state index contributed by atoms with van der Waals surface area (Å²) in [5.41, 5.74) is 0.856. The molecule has 0 unspecified atom stereocenters. The van der Waals surface area contributed by atoms with Gasteiger partial charge in [0.05, 0.1) is 4.88 Å². The molecule has 4 heteroatoms. The third-order valence-corrected chi connectivity index (χ3v) is 2.03. The topological polar surface area (TPSA) is 41.6 Å². The summed E-state index contributed by atoms with van der Waals surface area (Å²) in [6.45, 7) is 0. The Morgan fingerprint density at radius 1 is 1.60 bits per heavy atom. The van der Waals surface area contributed by atoms with Gasteiger partial charge in [-0.15, -0.1) is 16.4 Å². The van der Waals surface area contributed by atoms with Crippen LogP contribution < -0.4 is 0 Å². The van der Waals surface area contributed by atoms with Crippen molar-refractivity contribution < 1.29 is 0 Å². The van der Waals surface area contributed by atoms with Crippen molar-refractivity contribution in [1.29, 1.82) is 0 Å². The fraction of sp³-hybridized carbons (Fsp3) is 0. The van der Waals surface area contributed by atoms with Gasteiger partial charge in [0.1, 0.15) is 11.9 Å². The highest BCUT2D eigenvalue weighted by atomic mass is 32.1. The van der Waals surface area contributed by atoms with Crippen molar-refractivity contribution >= 4 is 11.3 Å². The van der Waals surface area contributed by atoms with Crippen LogP contribution in [0.2, 0.25) is 0 Å². The second kappa shape index (κ2) is 2.22. The molecular formula is C6H4N3S. The molecule has 2 heterocycles. The monoisotopic (exact) mass is 150 g/mol. The molecule has 1 radical (unpaired) electrons. The van der Waals surface area contributed by atoms with Gasteiger partial charge < -0.3 is 0 Å². The molecule has 2 aromatic heterocycles. The van der Waals surface area contributed by atoms with Crippen molar-refractivity contribution in [2.75, 3.05) is 0 Å². The molecule has 0 aliphatic carbocycles. The van der Waals surface area contributed by atoms with E-state index in [2.05, 4.69) is 21.6 Å². The van der Waals surface area contributed by atoms with Gasteiger partial charge in [0.15, 0.2) is 0 Å². The maximum absolute atomic E-state index is 3.55. The van der Waals surface area contributed by atoms with E-state index in [4.69, 9.17) is 0 Å². The third-order valence-electron chi connectivity index (χ3n) is 1.14. The number of aromatic nitrogens is 3. The Morgan fingerprint density at radius 2 is 2.60 bits per heavy atom. The minimum atomic E-state index is 0.856. The van der Waals surface area contributed by atoms with Gasteiger partial charge >= 0.3 is 0 Å². The van der Waals surface area contributed by atoms with Gasteiger partial charge in [-0.25, -0.2) is 0 Å². The van der Waals surface area contributed by atoms with Gasteiger partial charge in [0, 0.05) is 0 Å². The zero-order valence-corrected chi connectivity index (χ0v) is 5.85. The lowest BCUT2D eigenvalue weighted by Crippen LogP contribution is -1.69. The van der Waals surface area contributed by atoms with Crippen molar-refractivity contribution in [3.8, 4) is 10.6 Å². The van der Waals surface area contributed by atoms with Crippen molar-refractivity contribution in [2.24, 2.45) is 0 Å². The first-order chi connectivity index (χ1) is 4.97. The molecular weight excluding hydrogens is 146 g/mol. The average Bonchev–Trinajstić information content (AvgIpc) is 2.59. The number of rotatable bonds is 1. The number of thiophene rings is 1. The normalized spacial score (nSPS) is 10.0. The number of hydrogen-bond acceptors (Lipinski definition) is 3. The number of nitrogens with zero attached hydrogens (tertiary/aromatic N) is 2. The standard InChI is InChI=1S/C6H4N3S/c1-2-6(10-3-1)5-4-7-9-8-5/h1-3H,(H,7,8,9). The number of aromatic amines is 1. The van der Waals surface area contributed by atoms with Crippen LogP contribution in [-0.4, -0.2) is 15.4 Å². The lowest BCUT2D eigenvalue weighted by atomic mass is 10.4. The molecule has 3 nitrogen and oxygen atoms in total. The van der Waals surface area contributed by atoms with Gasteiger partial charge in [-0.2, -0.15) is 0 Å². The Balaban J connectivity index is 2.48. The maximum Gasteiger partial charge on any atom is 0.144 e. The van der Waals surface area contributed by atoms with E-state index in [1.807, 2.05) is 17.5 Å². The zero-order chi connectivity index (χ0) is 6.81. The minimum Gasteiger partial charge on any atom is -0.256 e. The van der Waals surface area contributed by atoms with E-state index < -0.39 is 0 Å². The Labute approximate surface area is 61.7 Å². The number of H-pyrrole nitrogens is 1. The first kappa shape index (κ1) is 5.61. The van der Waals surface area contributed by atoms with Crippen LogP contribution in [-0.2, 0) is 0 Å². The predicted octanol–water partition coefficient (Wildman–Crippen LogP) is 1.33. The molecule has 0 atom stereocenters. The summed E-state index contributed by atoms with van der Waals surface area (Å²) >= 11 is 1.64. The van der Waals surface area contributed by atoms with E-state index in [0.29, 0.717) is 0 Å². The molecule has 10 heavy (non-hydrogen) atoms. The van der Waals surface area contributed by atoms with E-state index in [9.17, 15) is 0 Å². The van der Waals surface area contributed by atoms with Crippen molar-refractivity contribution in [2.45, 2.75) is 0 Å². The van der Waals surface area contributed by atoms with Crippen LogP contribution in [0.5, 0.6) is 0 Å². The maximum atomic E-state index is 3.55. The van der Waals surface area contributed by atoms with Crippen LogP contribution in [0.1, 0.15) is 0 Å². The van der Waals surface area contributed by atoms with Crippen LogP contribution in [0.4, 0.5) is 0 Å². The summed E-state index contributed by atoms with van der Waals surface area (Å²) in [4.78, 5) is 1.12. The van der Waals surface area contributed by atoms with Gasteiger partial charge in [-0.05, 0) is 11.4 Å². The second-order valence-corrected chi connectivity index (χ2v) is 2.72. The molecule has 49 valence electrons. The van der Waals surface area contributed by atoms with Crippen LogP contribution in [0.3, 0.4) is 0 Å². The fourth-order valence-corrected chi connectivity index (χ4v) is 1.38. The van der Waals surface area contributed by atoms with E-state index in [0.717, 1.165) is 10.6 Å². The van der Waals surface area contributed by atoms with E-state index in [1.165, 1.54) is 0 Å². The van der Waals surface area contributed by atoms with Gasteiger partial charge in [0.2, 0.25) is 0 Å². The molecule has 2 rings (SSSR count). The van der Waals surface area contributed by atoms with E-state index >= 15 is 0 Å². The summed E-state index contributed by atoms with van der Waals surface area (Å²) < 4.78 is 0. The largest absolute Gasteiger partial charge is 0.256 e. The van der Waals surface area contributed by atoms with Crippen LogP contribution in [0.15, 0.2) is 17.5 Å². The lowest BCUT2D eigenvalue weighted by molar-refractivity contribution is 0.940. The summed E-state index contributed by atoms with van der Waals surface area (Å²) in [5, 5.41) is 11.8. The van der Waals surface area contributed by atoms with Crippen LogP contribution >= 0.6 is 11.3 Å². The summed E-state index contributed by atoms with van der Waals surface area (Å²) in [6, 6.07) is 3.98. The summed E-state index contributed by atoms with van der Waals surface area (Å²) in [5.74, 6) is 0. The molecule has 0 fully saturated rings. The van der Waals surface area contributed by atoms with E-state index in [-0.39, 0.29) is 0 Å². The number of hydrogen-bond donors (Lipinski definition) is 1. The minimum absolute atomic E-state index is 0.856. The molecule has 0 saturated heterocycles. The van der Waals surface area contributed by atoms with Crippen LogP contribution in [0, 0.1) is 6.20 Å². The smallest absolute Gasteiger partial charge is 0.144 e. The predicted molar refractivity (Wildman–Crippen MR) is 38.5 cm³/mol. The SMILES string of the molecule is [c]1nn[nH]c1-c1cccs1. The van der Waals surface area contributed by atoms with Crippen molar-refractivity contribution in [3.63, 3.8) is 0 Å². The Hall–Kier alpha value is -1.16. The fourth-order valence-electron chi connectivity index (χ4n) is 0.706. The average molecular weight is 150 g/mol. The molecule has 2 aromatic rings. The van der Waals surface area contributed by atoms with Crippen molar-refractivity contribution in [1.82, 2.24) is 15.4 Å².